The van der Waals surface area contributed by atoms with Crippen molar-refractivity contribution in [2.75, 3.05) is 0 Å². The molecular formula is C16H13NO4. The maximum Gasteiger partial charge on any atom is 0.371 e. The van der Waals surface area contributed by atoms with Crippen LogP contribution in [0.25, 0.3) is 10.9 Å². The van der Waals surface area contributed by atoms with Crippen molar-refractivity contribution in [3.63, 3.8) is 0 Å². The number of nitrogens with zero attached hydrogens (tertiary/aromatic N) is 1. The molecule has 0 aliphatic carbocycles. The summed E-state index contributed by atoms with van der Waals surface area (Å²) >= 11 is 0. The highest BCUT2D eigenvalue weighted by Gasteiger charge is 2.15. The van der Waals surface area contributed by atoms with Crippen LogP contribution in [0.3, 0.4) is 0 Å². The lowest BCUT2D eigenvalue weighted by Gasteiger charge is -2.12. The summed E-state index contributed by atoms with van der Waals surface area (Å²) in [5.41, 5.74) is 0.841. The molecule has 5 nitrogen and oxygen atoms in total. The average molecular weight is 283 g/mol. The lowest BCUT2D eigenvalue weighted by Crippen LogP contribution is -2.02. The Labute approximate surface area is 120 Å². The molecule has 0 fully saturated rings. The van der Waals surface area contributed by atoms with Gasteiger partial charge in [0.15, 0.2) is 6.10 Å². The van der Waals surface area contributed by atoms with Crippen LogP contribution >= 0.6 is 0 Å². The summed E-state index contributed by atoms with van der Waals surface area (Å²) in [5.74, 6) is -0.0699. The molecule has 3 aromatic rings. The highest BCUT2D eigenvalue weighted by atomic mass is 16.5. The fourth-order valence-electron chi connectivity index (χ4n) is 2.07. The number of rotatable bonds is 4. The van der Waals surface area contributed by atoms with E-state index in [1.54, 1.807) is 19.2 Å². The van der Waals surface area contributed by atoms with E-state index in [-0.39, 0.29) is 11.9 Å². The standard InChI is InChI=1S/C16H13NO4/c1-10(14-6-7-15(21-14)16(18)19)20-12-5-4-11-3-2-8-17-13(11)9-12/h2-10H,1H3,(H,18,19). The van der Waals surface area contributed by atoms with Gasteiger partial charge in [-0.05, 0) is 37.3 Å². The lowest BCUT2D eigenvalue weighted by atomic mass is 10.2. The summed E-state index contributed by atoms with van der Waals surface area (Å²) in [6.45, 7) is 1.80. The second-order valence-electron chi connectivity index (χ2n) is 4.63. The second-order valence-corrected chi connectivity index (χ2v) is 4.63. The van der Waals surface area contributed by atoms with Crippen LogP contribution in [0.2, 0.25) is 0 Å². The summed E-state index contributed by atoms with van der Waals surface area (Å²) in [5, 5.41) is 9.88. The smallest absolute Gasteiger partial charge is 0.371 e. The summed E-state index contributed by atoms with van der Waals surface area (Å²) in [6, 6.07) is 12.5. The van der Waals surface area contributed by atoms with Gasteiger partial charge in [-0.15, -0.1) is 0 Å². The maximum atomic E-state index is 10.8. The zero-order valence-electron chi connectivity index (χ0n) is 11.3. The SMILES string of the molecule is CC(Oc1ccc2cccnc2c1)c1ccc(C(=O)O)o1. The Bertz CT molecular complexity index is 794. The van der Waals surface area contributed by atoms with Crippen LogP contribution in [0.15, 0.2) is 53.1 Å². The van der Waals surface area contributed by atoms with Gasteiger partial charge in [0.05, 0.1) is 5.52 Å². The van der Waals surface area contributed by atoms with Gasteiger partial charge in [0.25, 0.3) is 0 Å². The second kappa shape index (κ2) is 5.28. The first-order chi connectivity index (χ1) is 10.1. The van der Waals surface area contributed by atoms with Crippen molar-refractivity contribution in [2.45, 2.75) is 13.0 Å². The van der Waals surface area contributed by atoms with Gasteiger partial charge in [-0.1, -0.05) is 6.07 Å². The van der Waals surface area contributed by atoms with Crippen molar-refractivity contribution in [1.82, 2.24) is 4.98 Å². The van der Waals surface area contributed by atoms with Crippen molar-refractivity contribution < 1.29 is 19.1 Å². The van der Waals surface area contributed by atoms with Gasteiger partial charge in [0, 0.05) is 17.6 Å². The molecule has 5 heteroatoms. The third kappa shape index (κ3) is 2.72. The molecule has 0 spiro atoms. The molecule has 0 aliphatic heterocycles. The highest BCUT2D eigenvalue weighted by molar-refractivity contribution is 5.84. The Hall–Kier alpha value is -2.82. The molecule has 0 bridgehead atoms. The van der Waals surface area contributed by atoms with Gasteiger partial charge in [-0.25, -0.2) is 4.79 Å². The Morgan fingerprint density at radius 2 is 2.14 bits per heavy atom. The van der Waals surface area contributed by atoms with Crippen LogP contribution in [0.4, 0.5) is 0 Å². The topological polar surface area (TPSA) is 72.6 Å². The predicted octanol–water partition coefficient (Wildman–Crippen LogP) is 3.67. The Balaban J connectivity index is 1.81. The fourth-order valence-corrected chi connectivity index (χ4v) is 2.07. The van der Waals surface area contributed by atoms with E-state index < -0.39 is 5.97 Å². The molecule has 3 rings (SSSR count). The van der Waals surface area contributed by atoms with Gasteiger partial charge in [-0.3, -0.25) is 4.98 Å². The zero-order chi connectivity index (χ0) is 14.8. The number of aromatic nitrogens is 1. The molecule has 2 aromatic heterocycles. The first-order valence-corrected chi connectivity index (χ1v) is 6.48. The van der Waals surface area contributed by atoms with E-state index in [0.29, 0.717) is 11.5 Å². The Morgan fingerprint density at radius 3 is 2.90 bits per heavy atom. The molecule has 1 unspecified atom stereocenters. The van der Waals surface area contributed by atoms with E-state index >= 15 is 0 Å². The van der Waals surface area contributed by atoms with E-state index in [0.717, 1.165) is 10.9 Å². The van der Waals surface area contributed by atoms with Crippen molar-refractivity contribution in [3.05, 3.63) is 60.2 Å². The van der Waals surface area contributed by atoms with Crippen LogP contribution < -0.4 is 4.74 Å². The van der Waals surface area contributed by atoms with E-state index in [4.69, 9.17) is 14.3 Å². The van der Waals surface area contributed by atoms with Crippen LogP contribution in [-0.4, -0.2) is 16.1 Å². The molecule has 0 radical (unpaired) electrons. The number of pyridine rings is 1. The van der Waals surface area contributed by atoms with Crippen molar-refractivity contribution in [2.24, 2.45) is 0 Å². The molecule has 21 heavy (non-hydrogen) atoms. The normalized spacial score (nSPS) is 12.2. The third-order valence-electron chi connectivity index (χ3n) is 3.13. The molecule has 1 atom stereocenters. The minimum atomic E-state index is -1.09. The van der Waals surface area contributed by atoms with Crippen molar-refractivity contribution in [1.29, 1.82) is 0 Å². The molecule has 0 amide bonds. The van der Waals surface area contributed by atoms with Gasteiger partial charge in [-0.2, -0.15) is 0 Å². The Morgan fingerprint density at radius 1 is 1.29 bits per heavy atom. The minimum Gasteiger partial charge on any atom is -0.483 e. The van der Waals surface area contributed by atoms with E-state index in [1.165, 1.54) is 6.07 Å². The van der Waals surface area contributed by atoms with Gasteiger partial charge in [0.2, 0.25) is 5.76 Å². The number of carboxylic acids is 1. The van der Waals surface area contributed by atoms with Crippen molar-refractivity contribution in [3.8, 4) is 5.75 Å². The van der Waals surface area contributed by atoms with Crippen molar-refractivity contribution >= 4 is 16.9 Å². The summed E-state index contributed by atoms with van der Waals surface area (Å²) < 4.78 is 11.0. The monoisotopic (exact) mass is 283 g/mol. The van der Waals surface area contributed by atoms with Gasteiger partial charge in [0.1, 0.15) is 11.5 Å². The number of benzene rings is 1. The fraction of sp³-hybridized carbons (Fsp3) is 0.125. The number of hydrogen-bond acceptors (Lipinski definition) is 4. The number of hydrogen-bond donors (Lipinski definition) is 1. The number of carbonyl (C=O) groups is 1. The molecule has 0 aliphatic rings. The number of aromatic carboxylic acids is 1. The van der Waals surface area contributed by atoms with Crippen LogP contribution in [0.5, 0.6) is 5.75 Å². The molecule has 0 saturated carbocycles. The van der Waals surface area contributed by atoms with Crippen LogP contribution in [0.1, 0.15) is 29.3 Å². The predicted molar refractivity (Wildman–Crippen MR) is 76.5 cm³/mol. The maximum absolute atomic E-state index is 10.8. The molecule has 0 saturated heterocycles. The summed E-state index contributed by atoms with van der Waals surface area (Å²) in [4.78, 5) is 15.1. The van der Waals surface area contributed by atoms with E-state index in [2.05, 4.69) is 4.98 Å². The quantitative estimate of drug-likeness (QED) is 0.791. The van der Waals surface area contributed by atoms with Gasteiger partial charge < -0.3 is 14.3 Å². The average Bonchev–Trinajstić information content (AvgIpc) is 2.97. The number of carboxylic acid groups (broad SMARTS) is 1. The van der Waals surface area contributed by atoms with Crippen LogP contribution in [0, 0.1) is 0 Å². The molecule has 106 valence electrons. The lowest BCUT2D eigenvalue weighted by molar-refractivity contribution is 0.0655. The molecule has 1 aromatic carbocycles. The number of ether oxygens (including phenoxy) is 1. The highest BCUT2D eigenvalue weighted by Crippen LogP contribution is 2.25. The number of fused-ring (bicyclic) bond motifs is 1. The number of furan rings is 1. The first kappa shape index (κ1) is 13.2. The molecular weight excluding hydrogens is 270 g/mol. The zero-order valence-corrected chi connectivity index (χ0v) is 11.3. The minimum absolute atomic E-state index is 0.0966. The van der Waals surface area contributed by atoms with Gasteiger partial charge >= 0.3 is 5.97 Å². The largest absolute Gasteiger partial charge is 0.483 e. The summed E-state index contributed by atoms with van der Waals surface area (Å²) in [7, 11) is 0. The van der Waals surface area contributed by atoms with E-state index in [9.17, 15) is 4.79 Å². The van der Waals surface area contributed by atoms with Crippen LogP contribution in [-0.2, 0) is 0 Å². The summed E-state index contributed by atoms with van der Waals surface area (Å²) in [6.07, 6.45) is 1.33. The first-order valence-electron chi connectivity index (χ1n) is 6.48. The molecule has 1 N–H and O–H groups in total. The Kier molecular flexibility index (Phi) is 3.31. The van der Waals surface area contributed by atoms with E-state index in [1.807, 2.05) is 30.3 Å². The molecule has 2 heterocycles. The third-order valence-corrected chi connectivity index (χ3v) is 3.13.